The Morgan fingerprint density at radius 1 is 1.00 bits per heavy atom. The van der Waals surface area contributed by atoms with Crippen molar-refractivity contribution in [2.45, 2.75) is 65.9 Å². The SMILES string of the molecule is CC(C)c1cccc([Si]OC(C)(C)C)c1C(C)C. The zero-order chi connectivity index (χ0) is 13.9. The quantitative estimate of drug-likeness (QED) is 0.745. The van der Waals surface area contributed by atoms with Crippen molar-refractivity contribution in [2.75, 3.05) is 0 Å². The Bertz CT molecular complexity index is 389. The highest BCUT2D eigenvalue weighted by Gasteiger charge is 2.18. The van der Waals surface area contributed by atoms with Gasteiger partial charge in [-0.15, -0.1) is 0 Å². The number of hydrogen-bond donors (Lipinski definition) is 0. The molecular formula is C16H26OSi. The lowest BCUT2D eigenvalue weighted by molar-refractivity contribution is 0.141. The smallest absolute Gasteiger partial charge is 0.269 e. The highest BCUT2D eigenvalue weighted by molar-refractivity contribution is 6.47. The summed E-state index contributed by atoms with van der Waals surface area (Å²) in [5, 5.41) is 1.37. The van der Waals surface area contributed by atoms with Crippen LogP contribution in [0.25, 0.3) is 0 Å². The molecule has 0 aliphatic heterocycles. The fourth-order valence-electron chi connectivity index (χ4n) is 2.03. The summed E-state index contributed by atoms with van der Waals surface area (Å²) in [5.74, 6) is 1.12. The third kappa shape index (κ3) is 4.25. The molecule has 0 unspecified atom stereocenters. The van der Waals surface area contributed by atoms with Gasteiger partial charge in [0.25, 0.3) is 9.76 Å². The van der Waals surface area contributed by atoms with Crippen LogP contribution in [0.3, 0.4) is 0 Å². The average molecular weight is 262 g/mol. The molecule has 0 fully saturated rings. The van der Waals surface area contributed by atoms with E-state index in [1.807, 2.05) is 0 Å². The van der Waals surface area contributed by atoms with Gasteiger partial charge >= 0.3 is 0 Å². The maximum absolute atomic E-state index is 5.97. The molecule has 0 spiro atoms. The second kappa shape index (κ2) is 6.03. The molecule has 1 rings (SSSR count). The summed E-state index contributed by atoms with van der Waals surface area (Å²) in [7, 11) is 0.437. The summed E-state index contributed by atoms with van der Waals surface area (Å²) < 4.78 is 5.97. The Hall–Kier alpha value is -0.603. The molecule has 0 amide bonds. The van der Waals surface area contributed by atoms with Gasteiger partial charge in [0.2, 0.25) is 0 Å². The van der Waals surface area contributed by atoms with Gasteiger partial charge in [-0.2, -0.15) is 0 Å². The van der Waals surface area contributed by atoms with E-state index >= 15 is 0 Å². The van der Waals surface area contributed by atoms with Gasteiger partial charge in [0.1, 0.15) is 0 Å². The molecule has 0 aliphatic carbocycles. The normalized spacial score (nSPS) is 12.5. The molecule has 0 saturated carbocycles. The van der Waals surface area contributed by atoms with Crippen LogP contribution in [0.2, 0.25) is 0 Å². The predicted molar refractivity (Wildman–Crippen MR) is 80.8 cm³/mol. The molecule has 0 saturated heterocycles. The minimum Gasteiger partial charge on any atom is -0.407 e. The first-order valence-corrected chi connectivity index (χ1v) is 7.70. The molecule has 18 heavy (non-hydrogen) atoms. The highest BCUT2D eigenvalue weighted by Crippen LogP contribution is 2.24. The van der Waals surface area contributed by atoms with Crippen molar-refractivity contribution in [1.29, 1.82) is 0 Å². The first-order chi connectivity index (χ1) is 8.22. The lowest BCUT2D eigenvalue weighted by Crippen LogP contribution is -2.31. The fraction of sp³-hybridized carbons (Fsp3) is 0.625. The lowest BCUT2D eigenvalue weighted by atomic mass is 9.91. The van der Waals surface area contributed by atoms with E-state index in [9.17, 15) is 0 Å². The molecule has 2 radical (unpaired) electrons. The van der Waals surface area contributed by atoms with Crippen LogP contribution >= 0.6 is 0 Å². The monoisotopic (exact) mass is 262 g/mol. The van der Waals surface area contributed by atoms with Gasteiger partial charge in [0.05, 0.1) is 0 Å². The van der Waals surface area contributed by atoms with Crippen molar-refractivity contribution in [1.82, 2.24) is 0 Å². The van der Waals surface area contributed by atoms with Gasteiger partial charge in [-0.1, -0.05) is 45.9 Å². The topological polar surface area (TPSA) is 9.23 Å². The van der Waals surface area contributed by atoms with E-state index < -0.39 is 0 Å². The van der Waals surface area contributed by atoms with Crippen LogP contribution in [0.4, 0.5) is 0 Å². The predicted octanol–water partition coefficient (Wildman–Crippen LogP) is 3.99. The first-order valence-electron chi connectivity index (χ1n) is 6.79. The van der Waals surface area contributed by atoms with Gasteiger partial charge in [-0.3, -0.25) is 0 Å². The summed E-state index contributed by atoms with van der Waals surface area (Å²) >= 11 is 0. The maximum Gasteiger partial charge on any atom is 0.269 e. The second-order valence-corrected chi connectivity index (χ2v) is 7.38. The van der Waals surface area contributed by atoms with E-state index in [1.165, 1.54) is 16.3 Å². The van der Waals surface area contributed by atoms with Gasteiger partial charge in [0.15, 0.2) is 0 Å². The minimum absolute atomic E-state index is 0.0689. The molecule has 1 aromatic rings. The van der Waals surface area contributed by atoms with Crippen LogP contribution in [-0.4, -0.2) is 15.4 Å². The van der Waals surface area contributed by atoms with Gasteiger partial charge in [-0.25, -0.2) is 0 Å². The number of rotatable bonds is 4. The summed E-state index contributed by atoms with van der Waals surface area (Å²) in [6.07, 6.45) is 0. The van der Waals surface area contributed by atoms with E-state index in [2.05, 4.69) is 66.7 Å². The molecule has 1 nitrogen and oxygen atoms in total. The first kappa shape index (κ1) is 15.5. The van der Waals surface area contributed by atoms with Crippen LogP contribution in [0.1, 0.15) is 71.4 Å². The Kier molecular flexibility index (Phi) is 5.17. The maximum atomic E-state index is 5.97. The second-order valence-electron chi connectivity index (χ2n) is 6.43. The highest BCUT2D eigenvalue weighted by atomic mass is 28.2. The van der Waals surface area contributed by atoms with Crippen LogP contribution < -0.4 is 5.19 Å². The van der Waals surface area contributed by atoms with Gasteiger partial charge in [0, 0.05) is 5.60 Å². The van der Waals surface area contributed by atoms with E-state index in [-0.39, 0.29) is 5.60 Å². The molecule has 0 aliphatic rings. The van der Waals surface area contributed by atoms with Crippen molar-refractivity contribution in [3.05, 3.63) is 29.3 Å². The Morgan fingerprint density at radius 3 is 2.06 bits per heavy atom. The summed E-state index contributed by atoms with van der Waals surface area (Å²) in [5.41, 5.74) is 2.88. The number of hydrogen-bond acceptors (Lipinski definition) is 1. The standard InChI is InChI=1S/C16H26OSi/c1-11(2)13-9-8-10-14(15(13)12(3)4)18-17-16(5,6)7/h8-12H,1-7H3. The molecular weight excluding hydrogens is 236 g/mol. The molecule has 0 atom stereocenters. The zero-order valence-corrected chi connectivity index (χ0v) is 13.8. The molecule has 1 aromatic carbocycles. The molecule has 0 bridgehead atoms. The van der Waals surface area contributed by atoms with E-state index in [1.54, 1.807) is 0 Å². The largest absolute Gasteiger partial charge is 0.407 e. The van der Waals surface area contributed by atoms with Crippen LogP contribution in [0.5, 0.6) is 0 Å². The zero-order valence-electron chi connectivity index (χ0n) is 12.8. The third-order valence-electron chi connectivity index (χ3n) is 2.81. The van der Waals surface area contributed by atoms with Crippen molar-refractivity contribution < 1.29 is 4.43 Å². The van der Waals surface area contributed by atoms with E-state index in [0.29, 0.717) is 21.6 Å². The average Bonchev–Trinajstić information content (AvgIpc) is 2.24. The Morgan fingerprint density at radius 2 is 1.61 bits per heavy atom. The number of benzene rings is 1. The molecule has 100 valence electrons. The van der Waals surface area contributed by atoms with Crippen molar-refractivity contribution in [2.24, 2.45) is 0 Å². The van der Waals surface area contributed by atoms with Gasteiger partial charge in [-0.05, 0) is 48.9 Å². The van der Waals surface area contributed by atoms with Crippen LogP contribution in [0, 0.1) is 0 Å². The van der Waals surface area contributed by atoms with Crippen molar-refractivity contribution >= 4 is 14.9 Å². The van der Waals surface area contributed by atoms with Gasteiger partial charge < -0.3 is 4.43 Å². The molecule has 0 heterocycles. The molecule has 0 aromatic heterocycles. The minimum atomic E-state index is -0.0689. The van der Waals surface area contributed by atoms with Crippen molar-refractivity contribution in [3.63, 3.8) is 0 Å². The van der Waals surface area contributed by atoms with E-state index in [4.69, 9.17) is 4.43 Å². The molecule has 0 N–H and O–H groups in total. The Labute approximate surface area is 115 Å². The lowest BCUT2D eigenvalue weighted by Gasteiger charge is -2.23. The summed E-state index contributed by atoms with van der Waals surface area (Å²) in [6.45, 7) is 15.4. The molecule has 2 heteroatoms. The summed E-state index contributed by atoms with van der Waals surface area (Å²) in [4.78, 5) is 0. The van der Waals surface area contributed by atoms with Crippen LogP contribution in [0.15, 0.2) is 18.2 Å². The van der Waals surface area contributed by atoms with Crippen molar-refractivity contribution in [3.8, 4) is 0 Å². The fourth-order valence-corrected chi connectivity index (χ4v) is 3.15. The Balaban J connectivity index is 3.07. The summed E-state index contributed by atoms with van der Waals surface area (Å²) in [6, 6.07) is 6.63. The third-order valence-corrected chi connectivity index (χ3v) is 4.18. The van der Waals surface area contributed by atoms with Crippen LogP contribution in [-0.2, 0) is 4.43 Å². The van der Waals surface area contributed by atoms with E-state index in [0.717, 1.165) is 0 Å².